The van der Waals surface area contributed by atoms with Gasteiger partial charge in [-0.15, -0.1) is 0 Å². The van der Waals surface area contributed by atoms with Crippen molar-refractivity contribution >= 4 is 34.2 Å². The van der Waals surface area contributed by atoms with Gasteiger partial charge in [-0.05, 0) is 24.6 Å². The van der Waals surface area contributed by atoms with Crippen LogP contribution < -0.4 is 0 Å². The van der Waals surface area contributed by atoms with E-state index in [1.54, 1.807) is 0 Å². The topological polar surface area (TPSA) is 0 Å². The molecule has 0 spiro atoms. The molecule has 0 radical (unpaired) electrons. The molecular formula is C7H6S2. The summed E-state index contributed by atoms with van der Waals surface area (Å²) in [7, 11) is 0. The van der Waals surface area contributed by atoms with E-state index in [9.17, 15) is 0 Å². The zero-order chi connectivity index (χ0) is 6.85. The quantitative estimate of drug-likeness (QED) is 0.491. The smallest absolute Gasteiger partial charge is 0.0560 e. The molecule has 0 N–H and O–H groups in total. The second kappa shape index (κ2) is 2.50. The summed E-state index contributed by atoms with van der Waals surface area (Å²) in [4.78, 5) is 1.56. The molecule has 0 aliphatic heterocycles. The molecule has 0 fully saturated rings. The second-order valence-electron chi connectivity index (χ2n) is 1.95. The maximum absolute atomic E-state index is 4.94. The molecule has 1 rings (SSSR count). The number of hydrogen-bond donors (Lipinski definition) is 0. The third kappa shape index (κ3) is 1.53. The van der Waals surface area contributed by atoms with E-state index in [1.165, 1.54) is 5.57 Å². The average molecular weight is 154 g/mol. The van der Waals surface area contributed by atoms with Crippen LogP contribution in [0.1, 0.15) is 6.92 Å². The van der Waals surface area contributed by atoms with E-state index in [1.807, 2.05) is 25.2 Å². The molecule has 0 amide bonds. The average Bonchev–Trinajstić information content (AvgIpc) is 1.80. The highest BCUT2D eigenvalue weighted by molar-refractivity contribution is 7.90. The zero-order valence-electron chi connectivity index (χ0n) is 5.05. The van der Waals surface area contributed by atoms with Gasteiger partial charge in [0.2, 0.25) is 0 Å². The lowest BCUT2D eigenvalue weighted by Crippen LogP contribution is -2.05. The number of rotatable bonds is 0. The molecule has 0 saturated carbocycles. The van der Waals surface area contributed by atoms with E-state index < -0.39 is 0 Å². The zero-order valence-corrected chi connectivity index (χ0v) is 6.68. The lowest BCUT2D eigenvalue weighted by atomic mass is 10.1. The predicted molar refractivity (Wildman–Crippen MR) is 48.1 cm³/mol. The molecule has 9 heavy (non-hydrogen) atoms. The molecular weight excluding hydrogens is 148 g/mol. The molecule has 0 heterocycles. The van der Waals surface area contributed by atoms with E-state index in [0.717, 1.165) is 9.73 Å². The normalized spacial score (nSPS) is 18.1. The van der Waals surface area contributed by atoms with E-state index in [4.69, 9.17) is 24.4 Å². The van der Waals surface area contributed by atoms with Crippen LogP contribution in [0.3, 0.4) is 0 Å². The van der Waals surface area contributed by atoms with Crippen LogP contribution in [0.5, 0.6) is 0 Å². The summed E-state index contributed by atoms with van der Waals surface area (Å²) in [5.41, 5.74) is 1.17. The van der Waals surface area contributed by atoms with Gasteiger partial charge in [-0.25, -0.2) is 0 Å². The van der Waals surface area contributed by atoms with Crippen LogP contribution in [0.2, 0.25) is 0 Å². The van der Waals surface area contributed by atoms with Crippen molar-refractivity contribution in [3.05, 3.63) is 23.8 Å². The van der Waals surface area contributed by atoms with E-state index >= 15 is 0 Å². The highest BCUT2D eigenvalue weighted by atomic mass is 32.1. The molecule has 46 valence electrons. The summed E-state index contributed by atoms with van der Waals surface area (Å²) >= 11 is 9.85. The molecule has 0 unspecified atom stereocenters. The van der Waals surface area contributed by atoms with Crippen molar-refractivity contribution in [2.45, 2.75) is 6.92 Å². The number of allylic oxidation sites excluding steroid dienone is 4. The monoisotopic (exact) mass is 154 g/mol. The summed E-state index contributed by atoms with van der Waals surface area (Å²) in [5, 5.41) is 0. The Morgan fingerprint density at radius 3 is 2.22 bits per heavy atom. The summed E-state index contributed by atoms with van der Waals surface area (Å²) in [6.07, 6.45) is 5.75. The first kappa shape index (κ1) is 6.78. The lowest BCUT2D eigenvalue weighted by molar-refractivity contribution is 1.54. The summed E-state index contributed by atoms with van der Waals surface area (Å²) < 4.78 is 0. The van der Waals surface area contributed by atoms with Gasteiger partial charge in [0.05, 0.1) is 9.73 Å². The Hall–Kier alpha value is -0.340. The van der Waals surface area contributed by atoms with Gasteiger partial charge in [-0.2, -0.15) is 0 Å². The molecule has 0 atom stereocenters. The Kier molecular flexibility index (Phi) is 1.88. The molecule has 0 aromatic carbocycles. The Balaban J connectivity index is 2.95. The van der Waals surface area contributed by atoms with Crippen molar-refractivity contribution in [3.63, 3.8) is 0 Å². The van der Waals surface area contributed by atoms with Gasteiger partial charge >= 0.3 is 0 Å². The van der Waals surface area contributed by atoms with Crippen LogP contribution >= 0.6 is 24.4 Å². The highest BCUT2D eigenvalue weighted by Gasteiger charge is 2.01. The van der Waals surface area contributed by atoms with Gasteiger partial charge in [0.15, 0.2) is 0 Å². The van der Waals surface area contributed by atoms with Crippen LogP contribution in [0.15, 0.2) is 23.8 Å². The predicted octanol–water partition coefficient (Wildman–Crippen LogP) is 2.24. The van der Waals surface area contributed by atoms with E-state index in [2.05, 4.69) is 0 Å². The van der Waals surface area contributed by atoms with Gasteiger partial charge < -0.3 is 0 Å². The molecule has 0 nitrogen and oxygen atoms in total. The van der Waals surface area contributed by atoms with Gasteiger partial charge in [0.25, 0.3) is 0 Å². The van der Waals surface area contributed by atoms with E-state index in [0.29, 0.717) is 0 Å². The Labute approximate surface area is 65.3 Å². The molecule has 0 aromatic heterocycles. The first-order valence-corrected chi connectivity index (χ1v) is 3.46. The van der Waals surface area contributed by atoms with Crippen molar-refractivity contribution in [1.29, 1.82) is 0 Å². The van der Waals surface area contributed by atoms with Gasteiger partial charge in [-0.1, -0.05) is 30.5 Å². The minimum absolute atomic E-state index is 0.774. The largest absolute Gasteiger partial charge is 0.0785 e. The minimum atomic E-state index is 0.774. The Morgan fingerprint density at radius 2 is 1.78 bits per heavy atom. The van der Waals surface area contributed by atoms with Crippen molar-refractivity contribution in [1.82, 2.24) is 0 Å². The SMILES string of the molecule is CC1=CC(=S)C(=S)C=C1. The van der Waals surface area contributed by atoms with Crippen LogP contribution in [-0.2, 0) is 0 Å². The first-order valence-electron chi connectivity index (χ1n) is 2.65. The van der Waals surface area contributed by atoms with Crippen LogP contribution in [0.25, 0.3) is 0 Å². The lowest BCUT2D eigenvalue weighted by Gasteiger charge is -2.01. The van der Waals surface area contributed by atoms with Crippen LogP contribution in [0, 0.1) is 0 Å². The van der Waals surface area contributed by atoms with Crippen LogP contribution in [-0.4, -0.2) is 9.73 Å². The fourth-order valence-electron chi connectivity index (χ4n) is 0.615. The van der Waals surface area contributed by atoms with Gasteiger partial charge in [-0.3, -0.25) is 0 Å². The maximum Gasteiger partial charge on any atom is 0.0560 e. The highest BCUT2D eigenvalue weighted by Crippen LogP contribution is 2.05. The van der Waals surface area contributed by atoms with Crippen molar-refractivity contribution in [3.8, 4) is 0 Å². The summed E-state index contributed by atoms with van der Waals surface area (Å²) in [6.45, 7) is 2.00. The second-order valence-corrected chi connectivity index (χ2v) is 2.83. The minimum Gasteiger partial charge on any atom is -0.0785 e. The third-order valence-corrected chi connectivity index (χ3v) is 1.92. The van der Waals surface area contributed by atoms with Gasteiger partial charge in [0.1, 0.15) is 0 Å². The van der Waals surface area contributed by atoms with Crippen LogP contribution in [0.4, 0.5) is 0 Å². The van der Waals surface area contributed by atoms with Crippen molar-refractivity contribution in [2.75, 3.05) is 0 Å². The number of thiocarbonyl (C=S) groups is 2. The van der Waals surface area contributed by atoms with E-state index in [-0.39, 0.29) is 0 Å². The standard InChI is InChI=1S/C7H6S2/c1-5-2-3-6(8)7(9)4-5/h2-4H,1H3. The fourth-order valence-corrected chi connectivity index (χ4v) is 0.996. The fraction of sp³-hybridized carbons (Fsp3) is 0.143. The Bertz CT molecular complexity index is 221. The number of hydrogen-bond acceptors (Lipinski definition) is 2. The summed E-state index contributed by atoms with van der Waals surface area (Å²) in [5.74, 6) is 0. The molecule has 2 heteroatoms. The summed E-state index contributed by atoms with van der Waals surface area (Å²) in [6, 6.07) is 0. The van der Waals surface area contributed by atoms with Crippen molar-refractivity contribution < 1.29 is 0 Å². The molecule has 1 aliphatic rings. The molecule has 1 aliphatic carbocycles. The molecule has 0 saturated heterocycles. The maximum atomic E-state index is 4.94. The van der Waals surface area contributed by atoms with Gasteiger partial charge in [0, 0.05) is 0 Å². The molecule has 0 bridgehead atoms. The molecule has 0 aromatic rings. The third-order valence-electron chi connectivity index (χ3n) is 1.10. The van der Waals surface area contributed by atoms with Crippen molar-refractivity contribution in [2.24, 2.45) is 0 Å². The first-order chi connectivity index (χ1) is 4.20. The Morgan fingerprint density at radius 1 is 1.11 bits per heavy atom.